The van der Waals surface area contributed by atoms with E-state index in [1.165, 1.54) is 12.5 Å². The van der Waals surface area contributed by atoms with Gasteiger partial charge in [-0.1, -0.05) is 32.1 Å². The van der Waals surface area contributed by atoms with E-state index in [0.29, 0.717) is 22.2 Å². The average molecular weight is 443 g/mol. The number of nitrogens with one attached hydrogen (secondary N) is 1. The fourth-order valence-corrected chi connectivity index (χ4v) is 4.95. The summed E-state index contributed by atoms with van der Waals surface area (Å²) in [6, 6.07) is 3.58. The first kappa shape index (κ1) is 22.4. The van der Waals surface area contributed by atoms with Crippen LogP contribution in [0.3, 0.4) is 0 Å². The molecule has 2 aliphatic rings. The molecule has 0 saturated heterocycles. The SMILES string of the molecule is CC(=CC(=O)O)COc1cn(C2CCCC2)c2cc(NC3CCCCC3)c(F)cc2c1=O. The molecule has 1 heterocycles. The summed E-state index contributed by atoms with van der Waals surface area (Å²) in [5.74, 6) is -1.37. The van der Waals surface area contributed by atoms with E-state index in [0.717, 1.165) is 57.4 Å². The molecule has 2 N–H and O–H groups in total. The van der Waals surface area contributed by atoms with Crippen LogP contribution in [0.25, 0.3) is 10.9 Å². The standard InChI is InChI=1S/C25H31FN2O4/c1-16(11-24(29)30)15-32-23-14-28(18-9-5-6-10-18)22-13-21(20(26)12-19(22)25(23)31)27-17-7-3-2-4-8-17/h11-14,17-18,27H,2-10,15H2,1H3,(H,29,30). The molecule has 32 heavy (non-hydrogen) atoms. The number of ether oxygens (including phenoxy) is 1. The number of hydrogen-bond donors (Lipinski definition) is 2. The van der Waals surface area contributed by atoms with E-state index in [1.807, 2.05) is 0 Å². The molecule has 4 rings (SSSR count). The highest BCUT2D eigenvalue weighted by atomic mass is 19.1. The average Bonchev–Trinajstić information content (AvgIpc) is 3.29. The predicted octanol–water partition coefficient (Wildman–Crippen LogP) is 5.41. The molecule has 172 valence electrons. The number of aliphatic carboxylic acids is 1. The van der Waals surface area contributed by atoms with Crippen LogP contribution < -0.4 is 15.5 Å². The largest absolute Gasteiger partial charge is 0.484 e. The number of pyridine rings is 1. The van der Waals surface area contributed by atoms with Crippen LogP contribution in [-0.2, 0) is 4.79 Å². The Kier molecular flexibility index (Phi) is 6.82. The van der Waals surface area contributed by atoms with Gasteiger partial charge in [0.15, 0.2) is 5.75 Å². The zero-order chi connectivity index (χ0) is 22.7. The van der Waals surface area contributed by atoms with E-state index in [4.69, 9.17) is 9.84 Å². The van der Waals surface area contributed by atoms with Gasteiger partial charge in [0.05, 0.1) is 22.8 Å². The Morgan fingerprint density at radius 3 is 2.56 bits per heavy atom. The van der Waals surface area contributed by atoms with Gasteiger partial charge < -0.3 is 19.7 Å². The summed E-state index contributed by atoms with van der Waals surface area (Å²) in [6.07, 6.45) is 12.6. The summed E-state index contributed by atoms with van der Waals surface area (Å²) in [6.45, 7) is 1.62. The number of hydrogen-bond acceptors (Lipinski definition) is 4. The lowest BCUT2D eigenvalue weighted by Gasteiger charge is -2.25. The Balaban J connectivity index is 1.73. The molecule has 2 aromatic rings. The van der Waals surface area contributed by atoms with Crippen molar-refractivity contribution in [2.45, 2.75) is 76.8 Å². The summed E-state index contributed by atoms with van der Waals surface area (Å²) >= 11 is 0. The molecule has 2 saturated carbocycles. The highest BCUT2D eigenvalue weighted by Crippen LogP contribution is 2.34. The number of aromatic nitrogens is 1. The van der Waals surface area contributed by atoms with Crippen molar-refractivity contribution >= 4 is 22.6 Å². The molecule has 1 aromatic heterocycles. The third-order valence-electron chi connectivity index (χ3n) is 6.60. The second-order valence-electron chi connectivity index (χ2n) is 9.11. The topological polar surface area (TPSA) is 80.6 Å². The Morgan fingerprint density at radius 1 is 1.19 bits per heavy atom. The minimum Gasteiger partial charge on any atom is -0.484 e. The van der Waals surface area contributed by atoms with E-state index in [-0.39, 0.29) is 29.9 Å². The molecule has 0 spiro atoms. The molecule has 2 fully saturated rings. The first-order chi connectivity index (χ1) is 15.4. The normalized spacial score (nSPS) is 18.2. The number of rotatable bonds is 7. The molecule has 0 atom stereocenters. The van der Waals surface area contributed by atoms with Crippen molar-refractivity contribution in [1.82, 2.24) is 4.57 Å². The Labute approximate surface area is 187 Å². The van der Waals surface area contributed by atoms with Crippen LogP contribution in [0.2, 0.25) is 0 Å². The summed E-state index contributed by atoms with van der Waals surface area (Å²) in [7, 11) is 0. The maximum absolute atomic E-state index is 15.0. The van der Waals surface area contributed by atoms with Crippen molar-refractivity contribution in [2.24, 2.45) is 0 Å². The van der Waals surface area contributed by atoms with E-state index < -0.39 is 11.8 Å². The van der Waals surface area contributed by atoms with Crippen molar-refractivity contribution in [3.8, 4) is 5.75 Å². The van der Waals surface area contributed by atoms with Crippen LogP contribution in [-0.4, -0.2) is 28.3 Å². The lowest BCUT2D eigenvalue weighted by atomic mass is 9.95. The van der Waals surface area contributed by atoms with E-state index in [9.17, 15) is 9.59 Å². The monoisotopic (exact) mass is 442 g/mol. The van der Waals surface area contributed by atoms with E-state index >= 15 is 4.39 Å². The first-order valence-corrected chi connectivity index (χ1v) is 11.6. The number of carboxylic acids is 1. The fraction of sp³-hybridized carbons (Fsp3) is 0.520. The molecule has 0 unspecified atom stereocenters. The van der Waals surface area contributed by atoms with E-state index in [2.05, 4.69) is 9.88 Å². The summed E-state index contributed by atoms with van der Waals surface area (Å²) in [5, 5.41) is 12.6. The third-order valence-corrected chi connectivity index (χ3v) is 6.60. The number of fused-ring (bicyclic) bond motifs is 1. The smallest absolute Gasteiger partial charge is 0.328 e. The van der Waals surface area contributed by atoms with Gasteiger partial charge in [0, 0.05) is 18.2 Å². The minimum absolute atomic E-state index is 0.0124. The van der Waals surface area contributed by atoms with Gasteiger partial charge in [-0.3, -0.25) is 4.79 Å². The summed E-state index contributed by atoms with van der Waals surface area (Å²) in [5.41, 5.74) is 1.28. The van der Waals surface area contributed by atoms with Gasteiger partial charge in [-0.15, -0.1) is 0 Å². The van der Waals surface area contributed by atoms with Crippen LogP contribution >= 0.6 is 0 Å². The number of nitrogens with zero attached hydrogens (tertiary/aromatic N) is 1. The van der Waals surface area contributed by atoms with Gasteiger partial charge in [-0.25, -0.2) is 9.18 Å². The number of carboxylic acid groups (broad SMARTS) is 1. The highest BCUT2D eigenvalue weighted by Gasteiger charge is 2.23. The second-order valence-corrected chi connectivity index (χ2v) is 9.11. The predicted molar refractivity (Wildman–Crippen MR) is 123 cm³/mol. The van der Waals surface area contributed by atoms with Crippen LogP contribution in [0.1, 0.15) is 70.8 Å². The Bertz CT molecular complexity index is 1080. The zero-order valence-corrected chi connectivity index (χ0v) is 18.5. The van der Waals surface area contributed by atoms with Crippen LogP contribution in [0.5, 0.6) is 5.75 Å². The van der Waals surface area contributed by atoms with Crippen LogP contribution in [0.4, 0.5) is 10.1 Å². The molecule has 0 radical (unpaired) electrons. The van der Waals surface area contributed by atoms with Gasteiger partial charge in [-0.2, -0.15) is 0 Å². The van der Waals surface area contributed by atoms with Gasteiger partial charge in [0.25, 0.3) is 0 Å². The van der Waals surface area contributed by atoms with Gasteiger partial charge in [-0.05, 0) is 50.3 Å². The molecular formula is C25H31FN2O4. The summed E-state index contributed by atoms with van der Waals surface area (Å²) in [4.78, 5) is 24.0. The van der Waals surface area contributed by atoms with Crippen molar-refractivity contribution in [2.75, 3.05) is 11.9 Å². The van der Waals surface area contributed by atoms with Crippen molar-refractivity contribution in [3.63, 3.8) is 0 Å². The highest BCUT2D eigenvalue weighted by molar-refractivity contribution is 5.84. The van der Waals surface area contributed by atoms with Crippen molar-refractivity contribution in [1.29, 1.82) is 0 Å². The molecule has 6 nitrogen and oxygen atoms in total. The Morgan fingerprint density at radius 2 is 1.88 bits per heavy atom. The Hall–Kier alpha value is -2.83. The van der Waals surface area contributed by atoms with Crippen LogP contribution in [0.15, 0.2) is 34.8 Å². The van der Waals surface area contributed by atoms with Gasteiger partial charge in [0.2, 0.25) is 5.43 Å². The van der Waals surface area contributed by atoms with Crippen molar-refractivity contribution < 1.29 is 19.0 Å². The molecular weight excluding hydrogens is 411 g/mol. The maximum Gasteiger partial charge on any atom is 0.328 e. The van der Waals surface area contributed by atoms with Gasteiger partial charge >= 0.3 is 5.97 Å². The fourth-order valence-electron chi connectivity index (χ4n) is 4.95. The molecule has 2 aliphatic carbocycles. The van der Waals surface area contributed by atoms with Gasteiger partial charge in [0.1, 0.15) is 12.4 Å². The van der Waals surface area contributed by atoms with Crippen molar-refractivity contribution in [3.05, 3.63) is 46.0 Å². The number of carbonyl (C=O) groups is 1. The third kappa shape index (κ3) is 4.97. The maximum atomic E-state index is 15.0. The number of benzene rings is 1. The van der Waals surface area contributed by atoms with Crippen LogP contribution in [0, 0.1) is 5.82 Å². The molecule has 0 bridgehead atoms. The molecule has 1 aromatic carbocycles. The lowest BCUT2D eigenvalue weighted by molar-refractivity contribution is -0.131. The zero-order valence-electron chi connectivity index (χ0n) is 18.5. The number of anilines is 1. The number of halogens is 1. The van der Waals surface area contributed by atoms with E-state index in [1.54, 1.807) is 19.2 Å². The first-order valence-electron chi connectivity index (χ1n) is 11.6. The summed E-state index contributed by atoms with van der Waals surface area (Å²) < 4.78 is 22.8. The lowest BCUT2D eigenvalue weighted by Crippen LogP contribution is -2.23. The minimum atomic E-state index is -1.06. The molecule has 0 aliphatic heterocycles. The molecule has 7 heteroatoms. The quantitative estimate of drug-likeness (QED) is 0.561. The molecule has 0 amide bonds. The second kappa shape index (κ2) is 9.76.